The first-order valence-corrected chi connectivity index (χ1v) is 3.96. The summed E-state index contributed by atoms with van der Waals surface area (Å²) in [5.74, 6) is -0.0593. The van der Waals surface area contributed by atoms with E-state index in [9.17, 15) is 4.79 Å². The number of hydrogen-bond donors (Lipinski definition) is 0. The van der Waals surface area contributed by atoms with E-state index in [0.29, 0.717) is 13.0 Å². The molecular formula is C8H22Bi2O2. The number of unbranched alkanes of at least 4 members (excludes halogenated alkanes) is 2. The topological polar surface area (TPSA) is 26.3 Å². The zero-order valence-corrected chi connectivity index (χ0v) is 19.3. The van der Waals surface area contributed by atoms with Crippen molar-refractivity contribution in [2.45, 2.75) is 39.5 Å². The summed E-state index contributed by atoms with van der Waals surface area (Å²) in [6.45, 7) is 4.45. The summed E-state index contributed by atoms with van der Waals surface area (Å²) in [6, 6.07) is 0. The van der Waals surface area contributed by atoms with Crippen molar-refractivity contribution >= 4 is 58.4 Å². The van der Waals surface area contributed by atoms with Crippen LogP contribution in [0.3, 0.4) is 0 Å². The van der Waals surface area contributed by atoms with Gasteiger partial charge in [-0.05, 0) is 13.3 Å². The summed E-state index contributed by atoms with van der Waals surface area (Å²) in [4.78, 5) is 10.7. The van der Waals surface area contributed by atoms with E-state index in [0.717, 1.165) is 19.3 Å². The zero-order valence-electron chi connectivity index (χ0n) is 8.27. The first-order chi connectivity index (χ1) is 4.81. The van der Waals surface area contributed by atoms with Gasteiger partial charge in [0.2, 0.25) is 0 Å². The second-order valence-corrected chi connectivity index (χ2v) is 2.26. The number of carbonyl (C=O) groups is 1. The van der Waals surface area contributed by atoms with Gasteiger partial charge in [0.05, 0.1) is 6.61 Å². The molecule has 0 N–H and O–H groups in total. The Bertz CT molecular complexity index is 97.1. The van der Waals surface area contributed by atoms with Crippen molar-refractivity contribution in [2.75, 3.05) is 6.61 Å². The third-order valence-electron chi connectivity index (χ3n) is 1.29. The molecule has 0 saturated heterocycles. The van der Waals surface area contributed by atoms with Crippen molar-refractivity contribution in [3.63, 3.8) is 0 Å². The summed E-state index contributed by atoms with van der Waals surface area (Å²) in [7, 11) is 0. The fraction of sp³-hybridized carbons (Fsp3) is 0.875. The summed E-state index contributed by atoms with van der Waals surface area (Å²) >= 11 is 0. The summed E-state index contributed by atoms with van der Waals surface area (Å²) in [5.41, 5.74) is 0. The predicted molar refractivity (Wildman–Crippen MR) is 60.7 cm³/mol. The minimum atomic E-state index is -0.0593. The van der Waals surface area contributed by atoms with Crippen molar-refractivity contribution in [3.8, 4) is 0 Å². The van der Waals surface area contributed by atoms with E-state index in [4.69, 9.17) is 4.74 Å². The van der Waals surface area contributed by atoms with Crippen LogP contribution in [0.15, 0.2) is 0 Å². The van der Waals surface area contributed by atoms with Crippen molar-refractivity contribution in [2.24, 2.45) is 0 Å². The molecule has 0 heterocycles. The van der Waals surface area contributed by atoms with Crippen LogP contribution >= 0.6 is 0 Å². The second-order valence-electron chi connectivity index (χ2n) is 2.26. The van der Waals surface area contributed by atoms with E-state index < -0.39 is 0 Å². The molecule has 4 heteroatoms. The fourth-order valence-corrected chi connectivity index (χ4v) is 0.752. The van der Waals surface area contributed by atoms with Crippen LogP contribution in [0.2, 0.25) is 0 Å². The quantitative estimate of drug-likeness (QED) is 0.261. The molecule has 0 amide bonds. The molecule has 0 aliphatic rings. The monoisotopic (exact) mass is 568 g/mol. The molecule has 0 radical (unpaired) electrons. The van der Waals surface area contributed by atoms with E-state index in [1.165, 1.54) is 0 Å². The van der Waals surface area contributed by atoms with E-state index in [-0.39, 0.29) is 58.4 Å². The Labute approximate surface area is 113 Å². The predicted octanol–water partition coefficient (Wildman–Crippen LogP) is -0.238. The molecule has 0 aliphatic carbocycles. The van der Waals surface area contributed by atoms with E-state index >= 15 is 0 Å². The summed E-state index contributed by atoms with van der Waals surface area (Å²) < 4.78 is 4.75. The molecule has 0 aromatic rings. The van der Waals surface area contributed by atoms with Gasteiger partial charge in [0.1, 0.15) is 0 Å². The first-order valence-electron chi connectivity index (χ1n) is 3.96. The second kappa shape index (κ2) is 14.7. The van der Waals surface area contributed by atoms with Crippen molar-refractivity contribution in [1.29, 1.82) is 0 Å². The number of hydrogen-bond acceptors (Lipinski definition) is 2. The van der Waals surface area contributed by atoms with Gasteiger partial charge in [-0.3, -0.25) is 4.79 Å². The van der Waals surface area contributed by atoms with Gasteiger partial charge in [-0.1, -0.05) is 19.8 Å². The van der Waals surface area contributed by atoms with Gasteiger partial charge in [-0.25, -0.2) is 0 Å². The SMILES string of the molecule is CCCCCC(=O)OCC.[BiH3].[BiH3]. The number of carbonyl (C=O) groups excluding carboxylic acids is 1. The van der Waals surface area contributed by atoms with Crippen molar-refractivity contribution < 1.29 is 9.53 Å². The van der Waals surface area contributed by atoms with Crippen LogP contribution in [0.5, 0.6) is 0 Å². The average Bonchev–Trinajstić information content (AvgIpc) is 1.89. The normalized spacial score (nSPS) is 7.83. The van der Waals surface area contributed by atoms with Gasteiger partial charge < -0.3 is 4.74 Å². The van der Waals surface area contributed by atoms with Crippen LogP contribution in [0, 0.1) is 0 Å². The Morgan fingerprint density at radius 2 is 1.75 bits per heavy atom. The van der Waals surface area contributed by atoms with Crippen LogP contribution in [-0.4, -0.2) is 65.0 Å². The molecule has 0 saturated carbocycles. The van der Waals surface area contributed by atoms with Crippen LogP contribution < -0.4 is 0 Å². The Hall–Kier alpha value is 1.24. The van der Waals surface area contributed by atoms with E-state index in [2.05, 4.69) is 6.92 Å². The third kappa shape index (κ3) is 13.8. The van der Waals surface area contributed by atoms with Crippen LogP contribution in [0.1, 0.15) is 39.5 Å². The Morgan fingerprint density at radius 3 is 2.17 bits per heavy atom. The minimum absolute atomic E-state index is 0. The molecule has 0 bridgehead atoms. The van der Waals surface area contributed by atoms with Crippen molar-refractivity contribution in [1.82, 2.24) is 0 Å². The molecule has 0 fully saturated rings. The molecule has 2 nitrogen and oxygen atoms in total. The molecule has 0 atom stereocenters. The van der Waals surface area contributed by atoms with Crippen molar-refractivity contribution in [3.05, 3.63) is 0 Å². The molecule has 0 rings (SSSR count). The third-order valence-corrected chi connectivity index (χ3v) is 1.29. The van der Waals surface area contributed by atoms with E-state index in [1.54, 1.807) is 0 Å². The van der Waals surface area contributed by atoms with Gasteiger partial charge in [-0.15, -0.1) is 0 Å². The Balaban J connectivity index is -0.000000405. The van der Waals surface area contributed by atoms with E-state index in [1.807, 2.05) is 6.92 Å². The molecule has 76 valence electrons. The first kappa shape index (κ1) is 18.9. The molecule has 0 aromatic heterocycles. The van der Waals surface area contributed by atoms with Gasteiger partial charge >= 0.3 is 58.4 Å². The molecule has 0 unspecified atom stereocenters. The number of esters is 1. The average molecular weight is 568 g/mol. The standard InChI is InChI=1S/C8H16O2.2Bi.6H/c1-3-5-6-7-8(9)10-4-2;;;;;;;;/h3-7H2,1-2H3;;;;;;;;. The maximum absolute atomic E-state index is 10.7. The van der Waals surface area contributed by atoms with Crippen LogP contribution in [0.4, 0.5) is 0 Å². The molecule has 0 spiro atoms. The number of rotatable bonds is 5. The summed E-state index contributed by atoms with van der Waals surface area (Å²) in [5, 5.41) is 0. The Kier molecular flexibility index (Phi) is 23.2. The summed E-state index contributed by atoms with van der Waals surface area (Å²) in [6.07, 6.45) is 3.83. The van der Waals surface area contributed by atoms with Gasteiger partial charge in [0.25, 0.3) is 0 Å². The van der Waals surface area contributed by atoms with Gasteiger partial charge in [0.15, 0.2) is 0 Å². The zero-order chi connectivity index (χ0) is 7.82. The molecule has 0 aromatic carbocycles. The molecule has 12 heavy (non-hydrogen) atoms. The van der Waals surface area contributed by atoms with Gasteiger partial charge in [-0.2, -0.15) is 0 Å². The molecule has 0 aliphatic heterocycles. The van der Waals surface area contributed by atoms with Gasteiger partial charge in [0, 0.05) is 6.42 Å². The number of ether oxygens (including phenoxy) is 1. The molecular weight excluding hydrogens is 546 g/mol. The Morgan fingerprint density at radius 1 is 1.17 bits per heavy atom. The van der Waals surface area contributed by atoms with Crippen LogP contribution in [-0.2, 0) is 9.53 Å². The van der Waals surface area contributed by atoms with Crippen LogP contribution in [0.25, 0.3) is 0 Å². The maximum atomic E-state index is 10.7. The fourth-order valence-electron chi connectivity index (χ4n) is 0.752.